The summed E-state index contributed by atoms with van der Waals surface area (Å²) < 4.78 is 0. The summed E-state index contributed by atoms with van der Waals surface area (Å²) in [5, 5.41) is 41.4. The number of nitrogens with zero attached hydrogens (tertiary/aromatic N) is 2. The van der Waals surface area contributed by atoms with Crippen molar-refractivity contribution in [2.75, 3.05) is 11.9 Å². The lowest BCUT2D eigenvalue weighted by Crippen LogP contribution is -2.30. The molecule has 1 rings (SSSR count). The molecule has 0 aliphatic heterocycles. The molecule has 0 aromatic heterocycles. The molecule has 0 unspecified atom stereocenters. The van der Waals surface area contributed by atoms with E-state index in [1.165, 1.54) is 0 Å². The molecule has 108 valence electrons. The second kappa shape index (κ2) is 6.43. The van der Waals surface area contributed by atoms with Crippen LogP contribution in [-0.2, 0) is 4.79 Å². The van der Waals surface area contributed by atoms with Crippen molar-refractivity contribution in [2.24, 2.45) is 0 Å². The Morgan fingerprint density at radius 2 is 1.95 bits per heavy atom. The number of aliphatic hydroxyl groups is 1. The molecule has 0 radical (unpaired) electrons. The minimum Gasteiger partial charge on any atom is -0.480 e. The van der Waals surface area contributed by atoms with Gasteiger partial charge in [0.1, 0.15) is 11.7 Å². The van der Waals surface area contributed by atoms with Crippen LogP contribution < -0.4 is 5.32 Å². The number of hydrogen-bond donors (Lipinski definition) is 3. The maximum Gasteiger partial charge on any atom is 0.326 e. The van der Waals surface area contributed by atoms with Crippen molar-refractivity contribution in [3.05, 3.63) is 38.4 Å². The fourth-order valence-electron chi connectivity index (χ4n) is 1.48. The Morgan fingerprint density at radius 3 is 2.40 bits per heavy atom. The van der Waals surface area contributed by atoms with Crippen LogP contribution in [0, 0.1) is 20.2 Å². The zero-order chi connectivity index (χ0) is 15.3. The highest BCUT2D eigenvalue weighted by molar-refractivity contribution is 5.79. The SMILES string of the molecule is O=C(O)[C@@H](CCO)Nc1ccc([N+](=O)[O-])cc1[N+](=O)[O-]. The number of aliphatic carboxylic acids is 1. The molecule has 0 spiro atoms. The van der Waals surface area contributed by atoms with Crippen molar-refractivity contribution in [1.82, 2.24) is 0 Å². The molecule has 1 atom stereocenters. The summed E-state index contributed by atoms with van der Waals surface area (Å²) in [5.41, 5.74) is -1.25. The predicted molar refractivity (Wildman–Crippen MR) is 66.5 cm³/mol. The fourth-order valence-corrected chi connectivity index (χ4v) is 1.48. The Bertz CT molecular complexity index is 546. The molecule has 1 aromatic carbocycles. The van der Waals surface area contributed by atoms with E-state index in [1.807, 2.05) is 0 Å². The van der Waals surface area contributed by atoms with Crippen molar-refractivity contribution < 1.29 is 24.9 Å². The summed E-state index contributed by atoms with van der Waals surface area (Å²) in [4.78, 5) is 30.7. The summed E-state index contributed by atoms with van der Waals surface area (Å²) in [6, 6.07) is 1.58. The molecule has 1 aromatic rings. The number of carbonyl (C=O) groups is 1. The number of non-ortho nitro benzene ring substituents is 1. The third kappa shape index (κ3) is 3.62. The minimum atomic E-state index is -1.30. The second-order valence-corrected chi connectivity index (χ2v) is 3.76. The standard InChI is InChI=1S/C10H11N3O7/c14-4-3-8(10(15)16)11-7-2-1-6(12(17)18)5-9(7)13(19)20/h1-2,5,8,11,14H,3-4H2,(H,15,16)/t8-/m1/s1. The van der Waals surface area contributed by atoms with Crippen LogP contribution in [0.4, 0.5) is 17.1 Å². The summed E-state index contributed by atoms with van der Waals surface area (Å²) in [6.45, 7) is -0.426. The van der Waals surface area contributed by atoms with E-state index in [0.29, 0.717) is 0 Å². The van der Waals surface area contributed by atoms with Gasteiger partial charge in [-0.3, -0.25) is 20.2 Å². The Morgan fingerprint density at radius 1 is 1.30 bits per heavy atom. The van der Waals surface area contributed by atoms with E-state index < -0.39 is 39.8 Å². The quantitative estimate of drug-likeness (QED) is 0.489. The van der Waals surface area contributed by atoms with Crippen LogP contribution >= 0.6 is 0 Å². The van der Waals surface area contributed by atoms with Crippen LogP contribution in [0.25, 0.3) is 0 Å². The average Bonchev–Trinajstić information content (AvgIpc) is 2.37. The lowest BCUT2D eigenvalue weighted by molar-refractivity contribution is -0.393. The van der Waals surface area contributed by atoms with E-state index in [1.54, 1.807) is 0 Å². The lowest BCUT2D eigenvalue weighted by atomic mass is 10.1. The molecule has 10 heteroatoms. The van der Waals surface area contributed by atoms with Gasteiger partial charge in [-0.15, -0.1) is 0 Å². The Kier molecular flexibility index (Phi) is 4.92. The van der Waals surface area contributed by atoms with Crippen molar-refractivity contribution in [3.63, 3.8) is 0 Å². The topological polar surface area (TPSA) is 156 Å². The van der Waals surface area contributed by atoms with Gasteiger partial charge in [-0.05, 0) is 6.07 Å². The summed E-state index contributed by atoms with van der Waals surface area (Å²) >= 11 is 0. The molecule has 0 saturated heterocycles. The van der Waals surface area contributed by atoms with Crippen LogP contribution in [0.15, 0.2) is 18.2 Å². The zero-order valence-electron chi connectivity index (χ0n) is 10.1. The Labute approximate surface area is 111 Å². The van der Waals surface area contributed by atoms with Gasteiger partial charge in [-0.2, -0.15) is 0 Å². The smallest absolute Gasteiger partial charge is 0.326 e. The van der Waals surface area contributed by atoms with Gasteiger partial charge >= 0.3 is 5.97 Å². The molecule has 0 amide bonds. The van der Waals surface area contributed by atoms with Gasteiger partial charge < -0.3 is 15.5 Å². The highest BCUT2D eigenvalue weighted by atomic mass is 16.6. The molecule has 0 saturated carbocycles. The van der Waals surface area contributed by atoms with E-state index in [0.717, 1.165) is 18.2 Å². The predicted octanol–water partition coefficient (Wildman–Crippen LogP) is 0.750. The summed E-state index contributed by atoms with van der Waals surface area (Å²) in [6.07, 6.45) is -0.163. The number of benzene rings is 1. The van der Waals surface area contributed by atoms with Crippen LogP contribution in [-0.4, -0.2) is 38.7 Å². The molecule has 3 N–H and O–H groups in total. The number of carboxylic acid groups (broad SMARTS) is 1. The van der Waals surface area contributed by atoms with E-state index in [-0.39, 0.29) is 12.1 Å². The Balaban J connectivity index is 3.13. The maximum atomic E-state index is 10.9. The highest BCUT2D eigenvalue weighted by Gasteiger charge is 2.24. The number of anilines is 1. The van der Waals surface area contributed by atoms with Crippen molar-refractivity contribution in [1.29, 1.82) is 0 Å². The van der Waals surface area contributed by atoms with E-state index in [4.69, 9.17) is 10.2 Å². The second-order valence-electron chi connectivity index (χ2n) is 3.76. The summed E-state index contributed by atoms with van der Waals surface area (Å²) in [5.74, 6) is -1.30. The van der Waals surface area contributed by atoms with Gasteiger partial charge in [-0.25, -0.2) is 4.79 Å². The highest BCUT2D eigenvalue weighted by Crippen LogP contribution is 2.29. The first kappa shape index (κ1) is 15.3. The number of aliphatic hydroxyl groups excluding tert-OH is 1. The van der Waals surface area contributed by atoms with Crippen LogP contribution in [0.3, 0.4) is 0 Å². The van der Waals surface area contributed by atoms with E-state index in [9.17, 15) is 25.0 Å². The molecule has 0 aliphatic carbocycles. The monoisotopic (exact) mass is 285 g/mol. The largest absolute Gasteiger partial charge is 0.480 e. The first-order chi connectivity index (χ1) is 9.36. The van der Waals surface area contributed by atoms with Crippen molar-refractivity contribution in [3.8, 4) is 0 Å². The summed E-state index contributed by atoms with van der Waals surface area (Å²) in [7, 11) is 0. The number of carboxylic acids is 1. The van der Waals surface area contributed by atoms with E-state index >= 15 is 0 Å². The number of nitro benzene ring substituents is 2. The molecule has 10 nitrogen and oxygen atoms in total. The molecule has 0 aliphatic rings. The zero-order valence-corrected chi connectivity index (χ0v) is 10.1. The molecule has 0 fully saturated rings. The average molecular weight is 285 g/mol. The van der Waals surface area contributed by atoms with Crippen LogP contribution in [0.1, 0.15) is 6.42 Å². The lowest BCUT2D eigenvalue weighted by Gasteiger charge is -2.14. The molecular formula is C10H11N3O7. The van der Waals surface area contributed by atoms with Gasteiger partial charge in [0, 0.05) is 19.1 Å². The third-order valence-corrected chi connectivity index (χ3v) is 2.43. The molecule has 20 heavy (non-hydrogen) atoms. The van der Waals surface area contributed by atoms with Gasteiger partial charge in [0.15, 0.2) is 0 Å². The number of rotatable bonds is 7. The van der Waals surface area contributed by atoms with Crippen molar-refractivity contribution >= 4 is 23.0 Å². The fraction of sp³-hybridized carbons (Fsp3) is 0.300. The normalized spacial score (nSPS) is 11.7. The van der Waals surface area contributed by atoms with Gasteiger partial charge in [0.05, 0.1) is 15.9 Å². The number of hydrogen-bond acceptors (Lipinski definition) is 7. The minimum absolute atomic E-state index is 0.163. The molecule has 0 bridgehead atoms. The third-order valence-electron chi connectivity index (χ3n) is 2.43. The van der Waals surface area contributed by atoms with E-state index in [2.05, 4.69) is 5.32 Å². The molecular weight excluding hydrogens is 274 g/mol. The Hall–Kier alpha value is -2.75. The first-order valence-electron chi connectivity index (χ1n) is 5.40. The van der Waals surface area contributed by atoms with Gasteiger partial charge in [-0.1, -0.05) is 0 Å². The number of nitro groups is 2. The first-order valence-corrected chi connectivity index (χ1v) is 5.40. The number of nitrogens with one attached hydrogen (secondary N) is 1. The van der Waals surface area contributed by atoms with Crippen LogP contribution in [0.2, 0.25) is 0 Å². The van der Waals surface area contributed by atoms with Gasteiger partial charge in [0.2, 0.25) is 0 Å². The maximum absolute atomic E-state index is 10.9. The van der Waals surface area contributed by atoms with Gasteiger partial charge in [0.25, 0.3) is 11.4 Å². The molecule has 0 heterocycles. The van der Waals surface area contributed by atoms with Crippen molar-refractivity contribution in [2.45, 2.75) is 12.5 Å². The van der Waals surface area contributed by atoms with Crippen LogP contribution in [0.5, 0.6) is 0 Å².